The van der Waals surface area contributed by atoms with Gasteiger partial charge in [0.05, 0.1) is 24.2 Å². The fourth-order valence-electron chi connectivity index (χ4n) is 4.18. The van der Waals surface area contributed by atoms with E-state index in [0.717, 1.165) is 18.4 Å². The van der Waals surface area contributed by atoms with Crippen LogP contribution in [0.4, 0.5) is 0 Å². The molecule has 0 aliphatic rings. The lowest BCUT2D eigenvalue weighted by molar-refractivity contribution is -0.165. The largest absolute Gasteiger partial charge is 0.481 e. The Balaban J connectivity index is 0.000000408. The van der Waals surface area contributed by atoms with Crippen molar-refractivity contribution in [2.24, 2.45) is 11.3 Å². The van der Waals surface area contributed by atoms with Gasteiger partial charge in [0.15, 0.2) is 5.41 Å². The average molecular weight is 559 g/mol. The van der Waals surface area contributed by atoms with E-state index in [2.05, 4.69) is 4.74 Å². The van der Waals surface area contributed by atoms with Crippen LogP contribution in [0.2, 0.25) is 0 Å². The summed E-state index contributed by atoms with van der Waals surface area (Å²) in [7, 11) is 1.25. The number of hydrogen-bond acceptors (Lipinski definition) is 6. The summed E-state index contributed by atoms with van der Waals surface area (Å²) in [4.78, 5) is 56.6. The van der Waals surface area contributed by atoms with Gasteiger partial charge in [0.2, 0.25) is 0 Å². The molecule has 0 amide bonds. The third-order valence-electron chi connectivity index (χ3n) is 6.54. The van der Waals surface area contributed by atoms with Gasteiger partial charge >= 0.3 is 29.8 Å². The molecule has 218 valence electrons. The van der Waals surface area contributed by atoms with Crippen molar-refractivity contribution in [2.75, 3.05) is 7.11 Å². The summed E-state index contributed by atoms with van der Waals surface area (Å²) in [5.41, 5.74) is -0.181. The molecule has 0 spiro atoms. The minimum absolute atomic E-state index is 0.0383. The van der Waals surface area contributed by atoms with Crippen molar-refractivity contribution in [2.45, 2.75) is 65.2 Å². The maximum Gasteiger partial charge on any atom is 0.337 e. The summed E-state index contributed by atoms with van der Waals surface area (Å²) in [6, 6.07) is 12.7. The fraction of sp³-hybridized carbons (Fsp3) is 0.433. The Morgan fingerprint density at radius 2 is 1.35 bits per heavy atom. The van der Waals surface area contributed by atoms with Crippen LogP contribution in [-0.2, 0) is 32.0 Å². The molecule has 0 aliphatic heterocycles. The molecule has 0 aliphatic carbocycles. The second kappa shape index (κ2) is 16.7. The van der Waals surface area contributed by atoms with Gasteiger partial charge in [-0.15, -0.1) is 0 Å². The summed E-state index contributed by atoms with van der Waals surface area (Å²) in [6.07, 6.45) is 3.90. The maximum atomic E-state index is 11.6. The van der Waals surface area contributed by atoms with Crippen LogP contribution >= 0.6 is 0 Å². The monoisotopic (exact) mass is 558 g/mol. The molecule has 0 heterocycles. The first-order valence-electron chi connectivity index (χ1n) is 13.1. The van der Waals surface area contributed by atoms with Crippen molar-refractivity contribution < 1.29 is 49.1 Å². The minimum Gasteiger partial charge on any atom is -0.481 e. The highest BCUT2D eigenvalue weighted by atomic mass is 16.5. The van der Waals surface area contributed by atoms with Crippen LogP contribution in [0.15, 0.2) is 48.5 Å². The number of aromatic carboxylic acids is 1. The van der Waals surface area contributed by atoms with Crippen LogP contribution in [0.1, 0.15) is 84.2 Å². The van der Waals surface area contributed by atoms with Crippen LogP contribution in [0.5, 0.6) is 0 Å². The number of benzene rings is 2. The fourth-order valence-corrected chi connectivity index (χ4v) is 4.18. The SMILES string of the molecule is CCCCC(Cc1cccc(C(=O)O)c1)C(=O)O.CCCCC(Cc1cccc(C(=O)OC)c1)(C(=O)O)C(=O)O. The number of methoxy groups -OCH3 is 1. The summed E-state index contributed by atoms with van der Waals surface area (Å²) in [6.45, 7) is 3.89. The second-order valence-corrected chi connectivity index (χ2v) is 9.55. The molecule has 0 aromatic heterocycles. The summed E-state index contributed by atoms with van der Waals surface area (Å²) < 4.78 is 4.61. The van der Waals surface area contributed by atoms with Crippen LogP contribution in [-0.4, -0.2) is 57.4 Å². The molecule has 0 radical (unpaired) electrons. The second-order valence-electron chi connectivity index (χ2n) is 9.55. The van der Waals surface area contributed by atoms with Crippen molar-refractivity contribution in [1.29, 1.82) is 0 Å². The zero-order valence-electron chi connectivity index (χ0n) is 23.1. The highest BCUT2D eigenvalue weighted by molar-refractivity contribution is 5.98. The topological polar surface area (TPSA) is 175 Å². The Hall–Kier alpha value is -4.21. The third-order valence-corrected chi connectivity index (χ3v) is 6.54. The number of carboxylic acid groups (broad SMARTS) is 4. The van der Waals surface area contributed by atoms with E-state index in [9.17, 15) is 34.2 Å². The van der Waals surface area contributed by atoms with Gasteiger partial charge in [-0.25, -0.2) is 9.59 Å². The number of carboxylic acids is 4. The van der Waals surface area contributed by atoms with Crippen LogP contribution < -0.4 is 0 Å². The lowest BCUT2D eigenvalue weighted by atomic mass is 9.77. The molecule has 4 N–H and O–H groups in total. The maximum absolute atomic E-state index is 11.6. The number of aliphatic carboxylic acids is 3. The van der Waals surface area contributed by atoms with E-state index in [1.807, 2.05) is 13.8 Å². The lowest BCUT2D eigenvalue weighted by Gasteiger charge is -2.25. The predicted octanol–water partition coefficient (Wildman–Crippen LogP) is 5.18. The van der Waals surface area contributed by atoms with Crippen molar-refractivity contribution >= 4 is 29.8 Å². The molecule has 1 atom stereocenters. The van der Waals surface area contributed by atoms with Gasteiger partial charge in [-0.3, -0.25) is 14.4 Å². The molecule has 0 bridgehead atoms. The van der Waals surface area contributed by atoms with Crippen molar-refractivity contribution in [3.8, 4) is 0 Å². The van der Waals surface area contributed by atoms with E-state index in [0.29, 0.717) is 31.2 Å². The third kappa shape index (κ3) is 10.2. The molecule has 10 nitrogen and oxygen atoms in total. The highest BCUT2D eigenvalue weighted by Crippen LogP contribution is 2.31. The molecule has 2 aromatic rings. The number of hydrogen-bond donors (Lipinski definition) is 4. The predicted molar refractivity (Wildman–Crippen MR) is 146 cm³/mol. The number of ether oxygens (including phenoxy) is 1. The zero-order chi connectivity index (χ0) is 30.3. The summed E-state index contributed by atoms with van der Waals surface area (Å²) in [5.74, 6) is -5.52. The van der Waals surface area contributed by atoms with Crippen LogP contribution in [0, 0.1) is 11.3 Å². The first-order valence-corrected chi connectivity index (χ1v) is 13.1. The molecule has 2 aromatic carbocycles. The van der Waals surface area contributed by atoms with E-state index in [4.69, 9.17) is 10.2 Å². The Kier molecular flexibility index (Phi) is 14.1. The molecule has 0 saturated heterocycles. The zero-order valence-corrected chi connectivity index (χ0v) is 23.1. The van der Waals surface area contributed by atoms with E-state index in [-0.39, 0.29) is 24.0 Å². The number of rotatable bonds is 15. The van der Waals surface area contributed by atoms with Crippen molar-refractivity contribution in [1.82, 2.24) is 0 Å². The normalized spacial score (nSPS) is 11.5. The number of carbonyl (C=O) groups excluding carboxylic acids is 1. The molecule has 10 heteroatoms. The van der Waals surface area contributed by atoms with Gasteiger partial charge in [-0.2, -0.15) is 0 Å². The lowest BCUT2D eigenvalue weighted by Crippen LogP contribution is -2.41. The van der Waals surface area contributed by atoms with Gasteiger partial charge in [0.25, 0.3) is 0 Å². The summed E-state index contributed by atoms with van der Waals surface area (Å²) >= 11 is 0. The molecular weight excluding hydrogens is 520 g/mol. The van der Waals surface area contributed by atoms with E-state index < -0.39 is 41.2 Å². The molecule has 1 unspecified atom stereocenters. The van der Waals surface area contributed by atoms with E-state index in [1.165, 1.54) is 25.3 Å². The van der Waals surface area contributed by atoms with Gasteiger partial charge < -0.3 is 25.2 Å². The summed E-state index contributed by atoms with van der Waals surface area (Å²) in [5, 5.41) is 36.9. The van der Waals surface area contributed by atoms with E-state index in [1.54, 1.807) is 30.3 Å². The van der Waals surface area contributed by atoms with Gasteiger partial charge in [0, 0.05) is 0 Å². The standard InChI is InChI=1S/C16H20O6.C14H18O4/c1-3-4-8-16(14(18)19,15(20)21)10-11-6-5-7-12(9-11)13(17)22-2;1-2-3-6-11(13(15)16)8-10-5-4-7-12(9-10)14(17)18/h5-7,9H,3-4,8,10H2,1-2H3,(H,18,19)(H,20,21);4-5,7,9,11H,2-3,6,8H2,1H3,(H,15,16)(H,17,18). The minimum atomic E-state index is -1.88. The number of esters is 1. The van der Waals surface area contributed by atoms with Gasteiger partial charge in [-0.05, 0) is 61.1 Å². The van der Waals surface area contributed by atoms with Crippen molar-refractivity contribution in [3.63, 3.8) is 0 Å². The average Bonchev–Trinajstić information content (AvgIpc) is 2.93. The first kappa shape index (κ1) is 33.8. The van der Waals surface area contributed by atoms with Crippen LogP contribution in [0.3, 0.4) is 0 Å². The molecule has 40 heavy (non-hydrogen) atoms. The Bertz CT molecular complexity index is 1160. The van der Waals surface area contributed by atoms with Gasteiger partial charge in [0.1, 0.15) is 0 Å². The molecule has 0 saturated carbocycles. The first-order chi connectivity index (χ1) is 18.9. The van der Waals surface area contributed by atoms with E-state index >= 15 is 0 Å². The Morgan fingerprint density at radius 3 is 1.85 bits per heavy atom. The quantitative estimate of drug-likeness (QED) is 0.168. The Morgan fingerprint density at radius 1 is 0.800 bits per heavy atom. The molecular formula is C30H38O10. The van der Waals surface area contributed by atoms with Crippen LogP contribution in [0.25, 0.3) is 0 Å². The number of unbranched alkanes of at least 4 members (excludes halogenated alkanes) is 2. The Labute approximate surface area is 233 Å². The molecule has 0 fully saturated rings. The van der Waals surface area contributed by atoms with Gasteiger partial charge in [-0.1, -0.05) is 63.8 Å². The smallest absolute Gasteiger partial charge is 0.337 e. The molecule has 2 rings (SSSR count). The van der Waals surface area contributed by atoms with Crippen molar-refractivity contribution in [3.05, 3.63) is 70.8 Å². The number of carbonyl (C=O) groups is 5. The highest BCUT2D eigenvalue weighted by Gasteiger charge is 2.46.